The molecule has 0 atom stereocenters. The van der Waals surface area contributed by atoms with Crippen molar-refractivity contribution >= 4 is 34.6 Å². The Kier molecular flexibility index (Phi) is 5.11. The second-order valence-electron chi connectivity index (χ2n) is 5.57. The number of esters is 2. The van der Waals surface area contributed by atoms with E-state index in [1.54, 1.807) is 12.1 Å². The minimum absolute atomic E-state index is 0.0868. The van der Waals surface area contributed by atoms with Crippen molar-refractivity contribution in [3.05, 3.63) is 53.6 Å². The van der Waals surface area contributed by atoms with Gasteiger partial charge in [-0.3, -0.25) is 4.79 Å². The summed E-state index contributed by atoms with van der Waals surface area (Å²) < 4.78 is 10.8. The quantitative estimate of drug-likeness (QED) is 0.681. The Bertz CT molecular complexity index is 993. The molecule has 0 radical (unpaired) electrons. The van der Waals surface area contributed by atoms with Crippen LogP contribution in [0.3, 0.4) is 0 Å². The predicted molar refractivity (Wildman–Crippen MR) is 95.3 cm³/mol. The van der Waals surface area contributed by atoms with Crippen LogP contribution in [0.25, 0.3) is 11.0 Å². The van der Waals surface area contributed by atoms with Gasteiger partial charge in [0, 0.05) is 5.69 Å². The number of para-hydroxylation sites is 1. The van der Waals surface area contributed by atoms with E-state index in [-0.39, 0.29) is 23.4 Å². The van der Waals surface area contributed by atoms with Crippen molar-refractivity contribution in [1.82, 2.24) is 15.0 Å². The number of ether oxygens (including phenoxy) is 2. The summed E-state index contributed by atoms with van der Waals surface area (Å²) in [5.74, 6) is -1.68. The van der Waals surface area contributed by atoms with Gasteiger partial charge in [-0.1, -0.05) is 17.3 Å². The summed E-state index contributed by atoms with van der Waals surface area (Å²) in [4.78, 5) is 36.0. The van der Waals surface area contributed by atoms with E-state index < -0.39 is 17.8 Å². The zero-order chi connectivity index (χ0) is 19.4. The van der Waals surface area contributed by atoms with Crippen LogP contribution >= 0.6 is 0 Å². The third kappa shape index (κ3) is 3.92. The van der Waals surface area contributed by atoms with Gasteiger partial charge in [0.15, 0.2) is 0 Å². The van der Waals surface area contributed by atoms with Gasteiger partial charge in [0.05, 0.1) is 30.9 Å². The molecule has 0 unspecified atom stereocenters. The molecular weight excluding hydrogens is 352 g/mol. The van der Waals surface area contributed by atoms with Gasteiger partial charge >= 0.3 is 11.9 Å². The molecule has 0 saturated carbocycles. The minimum atomic E-state index is -0.640. The second-order valence-corrected chi connectivity index (χ2v) is 5.57. The lowest BCUT2D eigenvalue weighted by atomic mass is 10.1. The summed E-state index contributed by atoms with van der Waals surface area (Å²) in [5.41, 5.74) is 1.87. The van der Waals surface area contributed by atoms with Crippen LogP contribution in [-0.4, -0.2) is 47.1 Å². The van der Waals surface area contributed by atoms with E-state index in [1.807, 2.05) is 12.1 Å². The Labute approximate surface area is 153 Å². The van der Waals surface area contributed by atoms with E-state index in [9.17, 15) is 14.4 Å². The summed E-state index contributed by atoms with van der Waals surface area (Å²) >= 11 is 0. The minimum Gasteiger partial charge on any atom is -0.465 e. The highest BCUT2D eigenvalue weighted by Crippen LogP contribution is 2.17. The molecule has 1 heterocycles. The maximum Gasteiger partial charge on any atom is 0.337 e. The largest absolute Gasteiger partial charge is 0.465 e. The molecule has 3 aromatic rings. The number of fused-ring (bicyclic) bond motifs is 1. The number of aromatic nitrogens is 3. The maximum absolute atomic E-state index is 12.4. The fourth-order valence-electron chi connectivity index (χ4n) is 2.54. The van der Waals surface area contributed by atoms with Gasteiger partial charge in [-0.05, 0) is 30.3 Å². The summed E-state index contributed by atoms with van der Waals surface area (Å²) in [6, 6.07) is 11.4. The number of amides is 1. The van der Waals surface area contributed by atoms with Crippen molar-refractivity contribution in [2.45, 2.75) is 6.54 Å². The van der Waals surface area contributed by atoms with Gasteiger partial charge in [-0.2, -0.15) is 0 Å². The number of carbonyl (C=O) groups is 3. The van der Waals surface area contributed by atoms with Gasteiger partial charge in [0.25, 0.3) is 0 Å². The highest BCUT2D eigenvalue weighted by Gasteiger charge is 2.15. The SMILES string of the molecule is COC(=O)c1cc(NC(=O)Cn2nnc3ccccc32)cc(C(=O)OC)c1. The van der Waals surface area contributed by atoms with Crippen LogP contribution in [0, 0.1) is 0 Å². The zero-order valence-electron chi connectivity index (χ0n) is 14.6. The van der Waals surface area contributed by atoms with Gasteiger partial charge in [-0.25, -0.2) is 14.3 Å². The van der Waals surface area contributed by atoms with Crippen LogP contribution in [0.15, 0.2) is 42.5 Å². The fourth-order valence-corrected chi connectivity index (χ4v) is 2.54. The van der Waals surface area contributed by atoms with Gasteiger partial charge in [0.1, 0.15) is 12.1 Å². The average Bonchev–Trinajstić information content (AvgIpc) is 3.09. The average molecular weight is 368 g/mol. The topological polar surface area (TPSA) is 112 Å². The standard InChI is InChI=1S/C18H16N4O5/c1-26-17(24)11-7-12(18(25)27-2)9-13(8-11)19-16(23)10-22-15-6-4-3-5-14(15)20-21-22/h3-9H,10H2,1-2H3,(H,19,23). The van der Waals surface area contributed by atoms with Gasteiger partial charge < -0.3 is 14.8 Å². The number of anilines is 1. The molecular formula is C18H16N4O5. The first kappa shape index (κ1) is 18.1. The van der Waals surface area contributed by atoms with E-state index in [2.05, 4.69) is 25.1 Å². The molecule has 27 heavy (non-hydrogen) atoms. The molecule has 1 amide bonds. The molecule has 0 aliphatic rings. The van der Waals surface area contributed by atoms with Crippen LogP contribution in [0.1, 0.15) is 20.7 Å². The highest BCUT2D eigenvalue weighted by atomic mass is 16.5. The first-order valence-corrected chi connectivity index (χ1v) is 7.91. The molecule has 2 aromatic carbocycles. The molecule has 0 fully saturated rings. The lowest BCUT2D eigenvalue weighted by molar-refractivity contribution is -0.116. The summed E-state index contributed by atoms with van der Waals surface area (Å²) in [5, 5.41) is 10.6. The van der Waals surface area contributed by atoms with Crippen LogP contribution in [0.2, 0.25) is 0 Å². The highest BCUT2D eigenvalue weighted by molar-refractivity contribution is 5.99. The monoisotopic (exact) mass is 368 g/mol. The van der Waals surface area contributed by atoms with E-state index in [1.165, 1.54) is 37.1 Å². The van der Waals surface area contributed by atoms with E-state index in [4.69, 9.17) is 0 Å². The first-order chi connectivity index (χ1) is 13.0. The molecule has 3 rings (SSSR count). The number of carbonyl (C=O) groups excluding carboxylic acids is 3. The first-order valence-electron chi connectivity index (χ1n) is 7.91. The van der Waals surface area contributed by atoms with E-state index >= 15 is 0 Å². The fraction of sp³-hybridized carbons (Fsp3) is 0.167. The molecule has 9 heteroatoms. The van der Waals surface area contributed by atoms with Crippen molar-refractivity contribution in [3.8, 4) is 0 Å². The van der Waals surface area contributed by atoms with Crippen LogP contribution in [0.4, 0.5) is 5.69 Å². The lowest BCUT2D eigenvalue weighted by Crippen LogP contribution is -2.20. The van der Waals surface area contributed by atoms with Gasteiger partial charge in [0.2, 0.25) is 5.91 Å². The lowest BCUT2D eigenvalue weighted by Gasteiger charge is -2.10. The molecule has 0 aliphatic heterocycles. The Balaban J connectivity index is 1.84. The third-order valence-corrected chi connectivity index (χ3v) is 3.77. The van der Waals surface area contributed by atoms with Crippen molar-refractivity contribution in [2.75, 3.05) is 19.5 Å². The normalized spacial score (nSPS) is 10.4. The van der Waals surface area contributed by atoms with Crippen LogP contribution < -0.4 is 5.32 Å². The number of methoxy groups -OCH3 is 2. The summed E-state index contributed by atoms with van der Waals surface area (Å²) in [7, 11) is 2.45. The predicted octanol–water partition coefficient (Wildman–Crippen LogP) is 1.64. The summed E-state index contributed by atoms with van der Waals surface area (Å²) in [6.45, 7) is -0.0868. The molecule has 1 aromatic heterocycles. The Morgan fingerprint density at radius 1 is 1.00 bits per heavy atom. The maximum atomic E-state index is 12.4. The number of rotatable bonds is 5. The number of benzene rings is 2. The molecule has 1 N–H and O–H groups in total. The zero-order valence-corrected chi connectivity index (χ0v) is 14.6. The van der Waals surface area contributed by atoms with E-state index in [0.717, 1.165) is 0 Å². The smallest absolute Gasteiger partial charge is 0.337 e. The molecule has 0 bridgehead atoms. The molecule has 0 saturated heterocycles. The van der Waals surface area contributed by atoms with Crippen molar-refractivity contribution in [3.63, 3.8) is 0 Å². The molecule has 0 spiro atoms. The summed E-state index contributed by atoms with van der Waals surface area (Å²) in [6.07, 6.45) is 0. The molecule has 9 nitrogen and oxygen atoms in total. The number of hydrogen-bond donors (Lipinski definition) is 1. The number of hydrogen-bond acceptors (Lipinski definition) is 7. The molecule has 0 aliphatic carbocycles. The number of nitrogens with zero attached hydrogens (tertiary/aromatic N) is 3. The van der Waals surface area contributed by atoms with Crippen molar-refractivity contribution < 1.29 is 23.9 Å². The second kappa shape index (κ2) is 7.65. The third-order valence-electron chi connectivity index (χ3n) is 3.77. The van der Waals surface area contributed by atoms with Gasteiger partial charge in [-0.15, -0.1) is 5.10 Å². The Morgan fingerprint density at radius 3 is 2.26 bits per heavy atom. The van der Waals surface area contributed by atoms with Crippen molar-refractivity contribution in [2.24, 2.45) is 0 Å². The van der Waals surface area contributed by atoms with Crippen LogP contribution in [-0.2, 0) is 20.8 Å². The Hall–Kier alpha value is -3.75. The Morgan fingerprint density at radius 2 is 1.63 bits per heavy atom. The number of nitrogens with one attached hydrogen (secondary N) is 1. The van der Waals surface area contributed by atoms with Crippen LogP contribution in [0.5, 0.6) is 0 Å². The van der Waals surface area contributed by atoms with E-state index in [0.29, 0.717) is 11.0 Å². The van der Waals surface area contributed by atoms with Crippen molar-refractivity contribution in [1.29, 1.82) is 0 Å². The molecule has 138 valence electrons.